The van der Waals surface area contributed by atoms with Gasteiger partial charge in [0.05, 0.1) is 5.56 Å². The Morgan fingerprint density at radius 3 is 2.68 bits per heavy atom. The topological polar surface area (TPSA) is 70.5 Å². The van der Waals surface area contributed by atoms with E-state index in [1.165, 1.54) is 6.33 Å². The van der Waals surface area contributed by atoms with Gasteiger partial charge in [0.25, 0.3) is 0 Å². The minimum absolute atomic E-state index is 0.143. The number of hydrogen-bond acceptors (Lipinski definition) is 6. The van der Waals surface area contributed by atoms with Crippen LogP contribution in [0.15, 0.2) is 48.8 Å². The molecule has 31 heavy (non-hydrogen) atoms. The van der Waals surface area contributed by atoms with E-state index in [0.717, 1.165) is 55.1 Å². The van der Waals surface area contributed by atoms with E-state index in [1.54, 1.807) is 12.1 Å². The lowest BCUT2D eigenvalue weighted by Gasteiger charge is -2.29. The molecule has 7 heteroatoms. The Bertz CT molecular complexity index is 1060. The fourth-order valence-electron chi connectivity index (χ4n) is 4.05. The first kappa shape index (κ1) is 21.4. The zero-order chi connectivity index (χ0) is 21.8. The molecule has 2 aromatic carbocycles. The third kappa shape index (κ3) is 4.45. The molecule has 3 aromatic rings. The van der Waals surface area contributed by atoms with Crippen LogP contribution in [0.1, 0.15) is 42.9 Å². The van der Waals surface area contributed by atoms with Gasteiger partial charge in [0.2, 0.25) is 5.88 Å². The highest BCUT2D eigenvalue weighted by Gasteiger charge is 2.34. The van der Waals surface area contributed by atoms with Crippen LogP contribution in [-0.4, -0.2) is 46.2 Å². The number of ether oxygens (including phenoxy) is 1. The van der Waals surface area contributed by atoms with Crippen molar-refractivity contribution in [1.29, 1.82) is 0 Å². The second-order valence-corrected chi connectivity index (χ2v) is 7.93. The predicted molar refractivity (Wildman–Crippen MR) is 124 cm³/mol. The van der Waals surface area contributed by atoms with Gasteiger partial charge in [-0.2, -0.15) is 0 Å². The van der Waals surface area contributed by atoms with Gasteiger partial charge >= 0.3 is 0 Å². The highest BCUT2D eigenvalue weighted by atomic mass is 35.5. The molecule has 1 aliphatic heterocycles. The molecule has 1 aromatic heterocycles. The van der Waals surface area contributed by atoms with Crippen molar-refractivity contribution in [3.05, 3.63) is 70.5 Å². The number of fused-ring (bicyclic) bond motifs is 2. The molecular weight excluding hydrogens is 412 g/mol. The monoisotopic (exact) mass is 438 g/mol. The average Bonchev–Trinajstić information content (AvgIpc) is 2.78. The van der Waals surface area contributed by atoms with Crippen molar-refractivity contribution >= 4 is 17.4 Å². The molecule has 0 spiro atoms. The van der Waals surface area contributed by atoms with E-state index in [0.29, 0.717) is 16.7 Å². The number of phenolic OH excluding ortho intramolecular Hbond substituents is 1. The molecule has 2 N–H and O–H groups in total. The Hall–Kier alpha value is -2.83. The quantitative estimate of drug-likeness (QED) is 0.365. The first-order valence-electron chi connectivity index (χ1n) is 10.7. The molecule has 0 unspecified atom stereocenters. The summed E-state index contributed by atoms with van der Waals surface area (Å²) in [5, 5.41) is 14.1. The van der Waals surface area contributed by atoms with E-state index in [2.05, 4.69) is 34.0 Å². The number of aromatic nitrogens is 2. The lowest BCUT2D eigenvalue weighted by atomic mass is 9.83. The van der Waals surface area contributed by atoms with E-state index in [9.17, 15) is 5.11 Å². The fraction of sp³-hybridized carbons (Fsp3) is 0.333. The largest absolute Gasteiger partial charge is 0.508 e. The van der Waals surface area contributed by atoms with Gasteiger partial charge < -0.3 is 20.1 Å². The fourth-order valence-corrected chi connectivity index (χ4v) is 4.30. The SMILES string of the molecule is CCN(CC)CCCNc1ncnc2c1[C@@H](c1ccccc1Cl)c1ccc(O)cc1O2. The average molecular weight is 439 g/mol. The Kier molecular flexibility index (Phi) is 6.59. The second-order valence-electron chi connectivity index (χ2n) is 7.53. The number of halogens is 1. The van der Waals surface area contributed by atoms with E-state index in [1.807, 2.05) is 30.3 Å². The molecule has 0 fully saturated rings. The van der Waals surface area contributed by atoms with Crippen LogP contribution in [0.4, 0.5) is 5.82 Å². The van der Waals surface area contributed by atoms with Crippen LogP contribution < -0.4 is 10.1 Å². The molecule has 0 bridgehead atoms. The Labute approximate surface area is 187 Å². The number of anilines is 1. The lowest BCUT2D eigenvalue weighted by molar-refractivity contribution is 0.303. The van der Waals surface area contributed by atoms with Crippen LogP contribution in [0.3, 0.4) is 0 Å². The normalized spacial score (nSPS) is 14.6. The summed E-state index contributed by atoms with van der Waals surface area (Å²) in [6.07, 6.45) is 2.51. The second kappa shape index (κ2) is 9.54. The zero-order valence-corrected chi connectivity index (χ0v) is 18.6. The molecular formula is C24H27ClN4O2. The highest BCUT2D eigenvalue weighted by Crippen LogP contribution is 2.50. The number of benzene rings is 2. The molecule has 1 atom stereocenters. The predicted octanol–water partition coefficient (Wildman–Crippen LogP) is 5.27. The molecule has 162 valence electrons. The van der Waals surface area contributed by atoms with Gasteiger partial charge in [-0.1, -0.05) is 49.7 Å². The first-order valence-corrected chi connectivity index (χ1v) is 11.1. The minimum atomic E-state index is -0.209. The summed E-state index contributed by atoms with van der Waals surface area (Å²) in [6, 6.07) is 12.9. The van der Waals surface area contributed by atoms with Crippen LogP contribution >= 0.6 is 11.6 Å². The molecule has 1 aliphatic rings. The van der Waals surface area contributed by atoms with Gasteiger partial charge in [0.15, 0.2) is 0 Å². The van der Waals surface area contributed by atoms with Crippen molar-refractivity contribution in [2.24, 2.45) is 0 Å². The van der Waals surface area contributed by atoms with Crippen LogP contribution in [0.5, 0.6) is 17.4 Å². The number of nitrogens with zero attached hydrogens (tertiary/aromatic N) is 3. The van der Waals surface area contributed by atoms with Crippen molar-refractivity contribution in [3.8, 4) is 17.4 Å². The molecule has 0 amide bonds. The maximum absolute atomic E-state index is 9.98. The van der Waals surface area contributed by atoms with Crippen molar-refractivity contribution in [3.63, 3.8) is 0 Å². The van der Waals surface area contributed by atoms with E-state index >= 15 is 0 Å². The van der Waals surface area contributed by atoms with Crippen LogP contribution in [0.2, 0.25) is 5.02 Å². The molecule has 6 nitrogen and oxygen atoms in total. The molecule has 4 rings (SSSR count). The summed E-state index contributed by atoms with van der Waals surface area (Å²) in [5.74, 6) is 1.73. The molecule has 2 heterocycles. The van der Waals surface area contributed by atoms with E-state index in [4.69, 9.17) is 16.3 Å². The number of phenols is 1. The first-order chi connectivity index (χ1) is 15.1. The lowest BCUT2D eigenvalue weighted by Crippen LogP contribution is -2.25. The smallest absolute Gasteiger partial charge is 0.228 e. The molecule has 0 aliphatic carbocycles. The number of hydrogen-bond donors (Lipinski definition) is 2. The van der Waals surface area contributed by atoms with Gasteiger partial charge in [-0.3, -0.25) is 0 Å². The highest BCUT2D eigenvalue weighted by molar-refractivity contribution is 6.31. The van der Waals surface area contributed by atoms with Crippen LogP contribution in [0, 0.1) is 0 Å². The number of nitrogens with one attached hydrogen (secondary N) is 1. The number of aromatic hydroxyl groups is 1. The van der Waals surface area contributed by atoms with Crippen molar-refractivity contribution in [2.45, 2.75) is 26.2 Å². The van der Waals surface area contributed by atoms with Crippen LogP contribution in [-0.2, 0) is 0 Å². The van der Waals surface area contributed by atoms with Crippen LogP contribution in [0.25, 0.3) is 0 Å². The summed E-state index contributed by atoms with van der Waals surface area (Å²) < 4.78 is 6.07. The molecule has 0 saturated heterocycles. The Morgan fingerprint density at radius 1 is 1.10 bits per heavy atom. The van der Waals surface area contributed by atoms with Crippen molar-refractivity contribution in [1.82, 2.24) is 14.9 Å². The third-order valence-corrected chi connectivity index (χ3v) is 6.05. The standard InChI is InChI=1S/C24H27ClN4O2/c1-3-29(4-2)13-7-12-26-23-22-21(17-8-5-6-9-19(17)25)18-11-10-16(30)14-20(18)31-24(22)28-15-27-23/h5-6,8-11,14-15,21,30H,3-4,7,12-13H2,1-2H3,(H,26,27,28)/t21-/m0/s1. The summed E-state index contributed by atoms with van der Waals surface area (Å²) in [7, 11) is 0. The molecule has 0 saturated carbocycles. The van der Waals surface area contributed by atoms with Crippen molar-refractivity contribution in [2.75, 3.05) is 31.5 Å². The minimum Gasteiger partial charge on any atom is -0.508 e. The Balaban J connectivity index is 1.70. The van der Waals surface area contributed by atoms with Gasteiger partial charge in [-0.25, -0.2) is 9.97 Å². The number of rotatable bonds is 8. The zero-order valence-electron chi connectivity index (χ0n) is 17.8. The van der Waals surface area contributed by atoms with Gasteiger partial charge in [0.1, 0.15) is 23.6 Å². The summed E-state index contributed by atoms with van der Waals surface area (Å²) >= 11 is 6.61. The van der Waals surface area contributed by atoms with Crippen molar-refractivity contribution < 1.29 is 9.84 Å². The van der Waals surface area contributed by atoms with Gasteiger partial charge in [-0.05, 0) is 43.8 Å². The molecule has 0 radical (unpaired) electrons. The Morgan fingerprint density at radius 2 is 1.90 bits per heavy atom. The third-order valence-electron chi connectivity index (χ3n) is 5.71. The van der Waals surface area contributed by atoms with Gasteiger partial charge in [-0.15, -0.1) is 0 Å². The summed E-state index contributed by atoms with van der Waals surface area (Å²) in [6.45, 7) is 8.27. The maximum atomic E-state index is 9.98. The maximum Gasteiger partial charge on any atom is 0.228 e. The van der Waals surface area contributed by atoms with E-state index in [-0.39, 0.29) is 11.7 Å². The summed E-state index contributed by atoms with van der Waals surface area (Å²) in [4.78, 5) is 11.3. The van der Waals surface area contributed by atoms with E-state index < -0.39 is 0 Å². The van der Waals surface area contributed by atoms with Gasteiger partial charge in [0, 0.05) is 29.1 Å². The summed E-state index contributed by atoms with van der Waals surface area (Å²) in [5.41, 5.74) is 2.72.